The molecule has 0 saturated carbocycles. The molecule has 1 aliphatic heterocycles. The van der Waals surface area contributed by atoms with Gasteiger partial charge in [-0.2, -0.15) is 13.2 Å². The van der Waals surface area contributed by atoms with E-state index in [4.69, 9.17) is 0 Å². The minimum absolute atomic E-state index is 0.0189. The summed E-state index contributed by atoms with van der Waals surface area (Å²) in [6, 6.07) is 1.40. The Morgan fingerprint density at radius 1 is 1.38 bits per heavy atom. The Morgan fingerprint density at radius 2 is 2.08 bits per heavy atom. The number of urea groups is 1. The maximum atomic E-state index is 13.0. The maximum Gasteiger partial charge on any atom is 0.416 e. The minimum Gasteiger partial charge on any atom is -0.344 e. The van der Waals surface area contributed by atoms with Gasteiger partial charge in [0.05, 0.1) is 5.56 Å². The van der Waals surface area contributed by atoms with Gasteiger partial charge in [-0.3, -0.25) is 4.79 Å². The lowest BCUT2D eigenvalue weighted by atomic mass is 10.1. The van der Waals surface area contributed by atoms with E-state index in [1.807, 2.05) is 0 Å². The van der Waals surface area contributed by atoms with E-state index < -0.39 is 23.6 Å². The van der Waals surface area contributed by atoms with Crippen molar-refractivity contribution in [3.8, 4) is 0 Å². The molecule has 1 atom stereocenters. The van der Waals surface area contributed by atoms with Gasteiger partial charge in [0, 0.05) is 32.6 Å². The third-order valence-electron chi connectivity index (χ3n) is 3.78. The molecule has 0 aliphatic carbocycles. The van der Waals surface area contributed by atoms with Crippen molar-refractivity contribution in [3.05, 3.63) is 35.1 Å². The molecular weight excluding hydrogens is 330 g/mol. The molecule has 1 saturated heterocycles. The number of rotatable bonds is 3. The van der Waals surface area contributed by atoms with Crippen LogP contribution in [0.4, 0.5) is 22.4 Å². The zero-order chi connectivity index (χ0) is 17.9. The van der Waals surface area contributed by atoms with Crippen LogP contribution in [0.3, 0.4) is 0 Å². The number of likely N-dealkylation sites (tertiary alicyclic amines) is 1. The summed E-state index contributed by atoms with van der Waals surface area (Å²) in [6.07, 6.45) is -3.93. The molecule has 1 aromatic rings. The predicted molar refractivity (Wildman–Crippen MR) is 77.4 cm³/mol. The molecule has 24 heavy (non-hydrogen) atoms. The molecule has 1 aromatic carbocycles. The highest BCUT2D eigenvalue weighted by atomic mass is 19.4. The number of halogens is 4. The number of hydrogen-bond donors (Lipinski definition) is 2. The summed E-state index contributed by atoms with van der Waals surface area (Å²) < 4.78 is 51.6. The molecule has 5 nitrogen and oxygen atoms in total. The van der Waals surface area contributed by atoms with E-state index in [9.17, 15) is 27.2 Å². The molecule has 1 fully saturated rings. The van der Waals surface area contributed by atoms with Gasteiger partial charge in [-0.1, -0.05) is 6.07 Å². The standard InChI is InChI=1S/C15H17F4N3O2/c1-22-8-11(4-5-13(22)23)21-14(24)20-7-9-2-3-10(16)6-12(9)15(17,18)19/h2-3,6,11H,4-5,7-8H2,1H3,(H2,20,21,24)/t11-/m1/s1. The van der Waals surface area contributed by atoms with E-state index in [0.29, 0.717) is 25.5 Å². The number of nitrogens with one attached hydrogen (secondary N) is 2. The van der Waals surface area contributed by atoms with E-state index in [-0.39, 0.29) is 24.1 Å². The van der Waals surface area contributed by atoms with Crippen molar-refractivity contribution in [2.75, 3.05) is 13.6 Å². The monoisotopic (exact) mass is 347 g/mol. The van der Waals surface area contributed by atoms with Gasteiger partial charge in [0.25, 0.3) is 0 Å². The number of nitrogens with zero attached hydrogens (tertiary/aromatic N) is 1. The summed E-state index contributed by atoms with van der Waals surface area (Å²) in [5.74, 6) is -1.01. The molecule has 9 heteroatoms. The van der Waals surface area contributed by atoms with Crippen LogP contribution in [0.5, 0.6) is 0 Å². The molecule has 132 valence electrons. The Labute approximate surface area is 136 Å². The first-order chi connectivity index (χ1) is 11.2. The quantitative estimate of drug-likeness (QED) is 0.824. The first-order valence-electron chi connectivity index (χ1n) is 7.31. The smallest absolute Gasteiger partial charge is 0.344 e. The minimum atomic E-state index is -4.71. The molecule has 0 radical (unpaired) electrons. The van der Waals surface area contributed by atoms with Crippen molar-refractivity contribution in [2.45, 2.75) is 31.6 Å². The first kappa shape index (κ1) is 18.0. The third-order valence-corrected chi connectivity index (χ3v) is 3.78. The Bertz CT molecular complexity index is 634. The summed E-state index contributed by atoms with van der Waals surface area (Å²) in [4.78, 5) is 24.7. The van der Waals surface area contributed by atoms with Gasteiger partial charge in [-0.05, 0) is 24.1 Å². The highest BCUT2D eigenvalue weighted by Gasteiger charge is 2.33. The van der Waals surface area contributed by atoms with Crippen molar-refractivity contribution in [3.63, 3.8) is 0 Å². The van der Waals surface area contributed by atoms with Crippen LogP contribution in [0.2, 0.25) is 0 Å². The molecule has 0 aromatic heterocycles. The number of hydrogen-bond acceptors (Lipinski definition) is 2. The largest absolute Gasteiger partial charge is 0.416 e. The number of carbonyl (C=O) groups excluding carboxylic acids is 2. The average Bonchev–Trinajstić information content (AvgIpc) is 2.49. The van der Waals surface area contributed by atoms with Crippen molar-refractivity contribution >= 4 is 11.9 Å². The number of piperidine rings is 1. The highest BCUT2D eigenvalue weighted by Crippen LogP contribution is 2.32. The number of carbonyl (C=O) groups is 2. The van der Waals surface area contributed by atoms with E-state index in [1.165, 1.54) is 4.90 Å². The van der Waals surface area contributed by atoms with Gasteiger partial charge in [-0.25, -0.2) is 9.18 Å². The van der Waals surface area contributed by atoms with E-state index in [0.717, 1.165) is 12.1 Å². The van der Waals surface area contributed by atoms with Crippen LogP contribution >= 0.6 is 0 Å². The second-order valence-electron chi connectivity index (χ2n) is 5.64. The summed E-state index contributed by atoms with van der Waals surface area (Å²) in [7, 11) is 1.61. The van der Waals surface area contributed by atoms with Crippen molar-refractivity contribution in [2.24, 2.45) is 0 Å². The summed E-state index contributed by atoms with van der Waals surface area (Å²) >= 11 is 0. The van der Waals surface area contributed by atoms with E-state index in [2.05, 4.69) is 10.6 Å². The lowest BCUT2D eigenvalue weighted by Crippen LogP contribution is -2.51. The molecule has 3 amide bonds. The SMILES string of the molecule is CN1C[C@H](NC(=O)NCc2ccc(F)cc2C(F)(F)F)CCC1=O. The fourth-order valence-corrected chi connectivity index (χ4v) is 2.51. The summed E-state index contributed by atoms with van der Waals surface area (Å²) in [5, 5.41) is 4.94. The lowest BCUT2D eigenvalue weighted by Gasteiger charge is -2.30. The summed E-state index contributed by atoms with van der Waals surface area (Å²) in [5.41, 5.74) is -1.35. The molecule has 0 spiro atoms. The van der Waals surface area contributed by atoms with Crippen molar-refractivity contribution in [1.29, 1.82) is 0 Å². The van der Waals surface area contributed by atoms with Crippen LogP contribution in [0, 0.1) is 5.82 Å². The highest BCUT2D eigenvalue weighted by molar-refractivity contribution is 5.78. The second kappa shape index (κ2) is 7.06. The van der Waals surface area contributed by atoms with Crippen LogP contribution in [-0.2, 0) is 17.5 Å². The number of benzene rings is 1. The van der Waals surface area contributed by atoms with Gasteiger partial charge >= 0.3 is 12.2 Å². The Hall–Kier alpha value is -2.32. The van der Waals surface area contributed by atoms with Crippen LogP contribution in [0.25, 0.3) is 0 Å². The molecule has 1 heterocycles. The summed E-state index contributed by atoms with van der Waals surface area (Å²) in [6.45, 7) is -0.0426. The van der Waals surface area contributed by atoms with Gasteiger partial charge in [-0.15, -0.1) is 0 Å². The number of alkyl halides is 3. The second-order valence-corrected chi connectivity index (χ2v) is 5.64. The fourth-order valence-electron chi connectivity index (χ4n) is 2.51. The van der Waals surface area contributed by atoms with E-state index >= 15 is 0 Å². The number of likely N-dealkylation sites (N-methyl/N-ethyl adjacent to an activating group) is 1. The van der Waals surface area contributed by atoms with Crippen LogP contribution in [0.15, 0.2) is 18.2 Å². The molecule has 2 N–H and O–H groups in total. The zero-order valence-corrected chi connectivity index (χ0v) is 12.9. The average molecular weight is 347 g/mol. The predicted octanol–water partition coefficient (Wildman–Crippen LogP) is 2.26. The lowest BCUT2D eigenvalue weighted by molar-refractivity contribution is -0.138. The molecule has 2 rings (SSSR count). The van der Waals surface area contributed by atoms with Crippen LogP contribution in [-0.4, -0.2) is 36.5 Å². The maximum absolute atomic E-state index is 13.0. The Kier molecular flexibility index (Phi) is 5.30. The molecule has 0 unspecified atom stereocenters. The van der Waals surface area contributed by atoms with E-state index in [1.54, 1.807) is 7.05 Å². The Morgan fingerprint density at radius 3 is 2.71 bits per heavy atom. The molecular formula is C15H17F4N3O2. The van der Waals surface area contributed by atoms with Crippen molar-refractivity contribution < 1.29 is 27.2 Å². The fraction of sp³-hybridized carbons (Fsp3) is 0.467. The topological polar surface area (TPSA) is 61.4 Å². The molecule has 1 aliphatic rings. The normalized spacial score (nSPS) is 18.5. The third kappa shape index (κ3) is 4.59. The van der Waals surface area contributed by atoms with Gasteiger partial charge in [0.15, 0.2) is 0 Å². The van der Waals surface area contributed by atoms with Crippen LogP contribution in [0.1, 0.15) is 24.0 Å². The molecule has 0 bridgehead atoms. The van der Waals surface area contributed by atoms with Crippen LogP contribution < -0.4 is 10.6 Å². The van der Waals surface area contributed by atoms with Gasteiger partial charge in [0.1, 0.15) is 5.82 Å². The van der Waals surface area contributed by atoms with Crippen molar-refractivity contribution in [1.82, 2.24) is 15.5 Å². The van der Waals surface area contributed by atoms with Gasteiger partial charge < -0.3 is 15.5 Å². The zero-order valence-electron chi connectivity index (χ0n) is 12.9. The van der Waals surface area contributed by atoms with Gasteiger partial charge in [0.2, 0.25) is 5.91 Å². The Balaban J connectivity index is 1.94. The first-order valence-corrected chi connectivity index (χ1v) is 7.31. The number of amides is 3.